The number of ether oxygens (including phenoxy) is 1. The van der Waals surface area contributed by atoms with Crippen molar-refractivity contribution in [3.8, 4) is 0 Å². The molecule has 5 heteroatoms. The SMILES string of the molecule is COC(=O)CCCC1(Cl)C(=O)CC(C)CC1=O. The molecular formula is C12H17ClO4. The van der Waals surface area contributed by atoms with Gasteiger partial charge >= 0.3 is 5.97 Å². The molecule has 0 saturated heterocycles. The molecule has 1 fully saturated rings. The van der Waals surface area contributed by atoms with Gasteiger partial charge in [-0.05, 0) is 18.8 Å². The van der Waals surface area contributed by atoms with Crippen molar-refractivity contribution in [2.45, 2.75) is 43.9 Å². The molecule has 1 rings (SSSR count). The summed E-state index contributed by atoms with van der Waals surface area (Å²) < 4.78 is 4.49. The summed E-state index contributed by atoms with van der Waals surface area (Å²) in [6, 6.07) is 0. The Bertz CT molecular complexity index is 319. The van der Waals surface area contributed by atoms with Crippen LogP contribution in [0.5, 0.6) is 0 Å². The van der Waals surface area contributed by atoms with Crippen LogP contribution in [-0.4, -0.2) is 29.5 Å². The summed E-state index contributed by atoms with van der Waals surface area (Å²) >= 11 is 6.12. The average Bonchev–Trinajstić information content (AvgIpc) is 2.26. The fraction of sp³-hybridized carbons (Fsp3) is 0.750. The molecule has 0 heterocycles. The lowest BCUT2D eigenvalue weighted by molar-refractivity contribution is -0.142. The van der Waals surface area contributed by atoms with Crippen molar-refractivity contribution >= 4 is 29.1 Å². The zero-order valence-corrected chi connectivity index (χ0v) is 10.9. The third-order valence-electron chi connectivity index (χ3n) is 3.08. The van der Waals surface area contributed by atoms with Crippen molar-refractivity contribution in [3.63, 3.8) is 0 Å². The molecule has 0 aromatic rings. The van der Waals surface area contributed by atoms with Gasteiger partial charge in [-0.25, -0.2) is 0 Å². The molecule has 0 atom stereocenters. The Hall–Kier alpha value is -0.900. The van der Waals surface area contributed by atoms with E-state index in [1.807, 2.05) is 6.92 Å². The van der Waals surface area contributed by atoms with Crippen LogP contribution < -0.4 is 0 Å². The Labute approximate surface area is 106 Å². The number of alkyl halides is 1. The van der Waals surface area contributed by atoms with Gasteiger partial charge in [-0.1, -0.05) is 6.92 Å². The predicted molar refractivity (Wildman–Crippen MR) is 62.9 cm³/mol. The van der Waals surface area contributed by atoms with Gasteiger partial charge in [0, 0.05) is 19.3 Å². The molecular weight excluding hydrogens is 244 g/mol. The number of hydrogen-bond acceptors (Lipinski definition) is 4. The quantitative estimate of drug-likeness (QED) is 0.440. The number of carbonyl (C=O) groups is 3. The highest BCUT2D eigenvalue weighted by Gasteiger charge is 2.46. The fourth-order valence-electron chi connectivity index (χ4n) is 2.04. The topological polar surface area (TPSA) is 60.4 Å². The van der Waals surface area contributed by atoms with Crippen LogP contribution in [0.2, 0.25) is 0 Å². The van der Waals surface area contributed by atoms with Gasteiger partial charge in [0.25, 0.3) is 0 Å². The van der Waals surface area contributed by atoms with Gasteiger partial charge in [0.15, 0.2) is 16.4 Å². The summed E-state index contributed by atoms with van der Waals surface area (Å²) in [7, 11) is 1.30. The first-order valence-electron chi connectivity index (χ1n) is 5.72. The molecule has 1 aliphatic carbocycles. The summed E-state index contributed by atoms with van der Waals surface area (Å²) in [5.41, 5.74) is 0. The molecule has 1 aliphatic rings. The first-order valence-corrected chi connectivity index (χ1v) is 6.10. The number of ketones is 2. The third kappa shape index (κ3) is 3.28. The van der Waals surface area contributed by atoms with Crippen LogP contribution in [0.4, 0.5) is 0 Å². The molecule has 4 nitrogen and oxygen atoms in total. The molecule has 0 N–H and O–H groups in total. The summed E-state index contributed by atoms with van der Waals surface area (Å²) in [4.78, 5) is 33.2. The third-order valence-corrected chi connectivity index (χ3v) is 3.69. The van der Waals surface area contributed by atoms with Crippen molar-refractivity contribution < 1.29 is 19.1 Å². The molecule has 96 valence electrons. The second kappa shape index (κ2) is 5.63. The Morgan fingerprint density at radius 2 is 1.94 bits per heavy atom. The average molecular weight is 261 g/mol. The molecule has 0 unspecified atom stereocenters. The Morgan fingerprint density at radius 1 is 1.41 bits per heavy atom. The molecule has 0 aliphatic heterocycles. The monoisotopic (exact) mass is 260 g/mol. The van der Waals surface area contributed by atoms with Gasteiger partial charge in [0.1, 0.15) is 0 Å². The van der Waals surface area contributed by atoms with Gasteiger partial charge in [0.05, 0.1) is 7.11 Å². The van der Waals surface area contributed by atoms with Crippen LogP contribution >= 0.6 is 11.6 Å². The number of halogens is 1. The van der Waals surface area contributed by atoms with Gasteiger partial charge in [0.2, 0.25) is 0 Å². The second-order valence-corrected chi connectivity index (χ2v) is 5.24. The van der Waals surface area contributed by atoms with Crippen LogP contribution in [-0.2, 0) is 19.1 Å². The smallest absolute Gasteiger partial charge is 0.305 e. The molecule has 0 aromatic carbocycles. The number of methoxy groups -OCH3 is 1. The van der Waals surface area contributed by atoms with E-state index >= 15 is 0 Å². The second-order valence-electron chi connectivity index (χ2n) is 4.59. The van der Waals surface area contributed by atoms with Crippen molar-refractivity contribution in [2.75, 3.05) is 7.11 Å². The summed E-state index contributed by atoms with van der Waals surface area (Å²) in [6.45, 7) is 1.86. The highest BCUT2D eigenvalue weighted by molar-refractivity contribution is 6.47. The molecule has 0 spiro atoms. The Morgan fingerprint density at radius 3 is 2.41 bits per heavy atom. The minimum absolute atomic E-state index is 0.0717. The Kier molecular flexibility index (Phi) is 4.69. The Balaban J connectivity index is 2.57. The fourth-order valence-corrected chi connectivity index (χ4v) is 2.33. The van der Waals surface area contributed by atoms with E-state index in [1.165, 1.54) is 7.11 Å². The molecule has 0 radical (unpaired) electrons. The zero-order chi connectivity index (χ0) is 13.1. The van der Waals surface area contributed by atoms with Gasteiger partial charge in [-0.15, -0.1) is 11.6 Å². The number of Topliss-reactive ketones (excluding diaryl/α,β-unsaturated/α-hetero) is 2. The zero-order valence-electron chi connectivity index (χ0n) is 10.1. The highest BCUT2D eigenvalue weighted by atomic mass is 35.5. The van der Waals surface area contributed by atoms with E-state index in [1.54, 1.807) is 0 Å². The van der Waals surface area contributed by atoms with E-state index in [-0.39, 0.29) is 36.3 Å². The minimum atomic E-state index is -1.40. The van der Waals surface area contributed by atoms with E-state index < -0.39 is 4.87 Å². The van der Waals surface area contributed by atoms with Crippen molar-refractivity contribution in [3.05, 3.63) is 0 Å². The number of carbonyl (C=O) groups excluding carboxylic acids is 3. The number of esters is 1. The standard InChI is InChI=1S/C12H17ClO4/c1-8-6-9(14)12(13,10(15)7-8)5-3-4-11(16)17-2/h8H,3-7H2,1-2H3. The predicted octanol–water partition coefficient (Wildman–Crippen LogP) is 1.88. The molecule has 1 saturated carbocycles. The lowest BCUT2D eigenvalue weighted by atomic mass is 9.78. The van der Waals surface area contributed by atoms with Gasteiger partial charge in [-0.3, -0.25) is 14.4 Å². The van der Waals surface area contributed by atoms with E-state index in [0.717, 1.165) is 0 Å². The maximum absolute atomic E-state index is 11.8. The summed E-state index contributed by atoms with van der Waals surface area (Å²) in [5, 5.41) is 0. The lowest BCUT2D eigenvalue weighted by Crippen LogP contribution is -2.46. The first kappa shape index (κ1) is 14.2. The van der Waals surface area contributed by atoms with Gasteiger partial charge in [-0.2, -0.15) is 0 Å². The van der Waals surface area contributed by atoms with Crippen molar-refractivity contribution in [1.82, 2.24) is 0 Å². The van der Waals surface area contributed by atoms with E-state index in [4.69, 9.17) is 11.6 Å². The van der Waals surface area contributed by atoms with Crippen molar-refractivity contribution in [1.29, 1.82) is 0 Å². The normalized spacial score (nSPS) is 29.2. The molecule has 0 aromatic heterocycles. The maximum atomic E-state index is 11.8. The maximum Gasteiger partial charge on any atom is 0.305 e. The molecule has 0 amide bonds. The van der Waals surface area contributed by atoms with Crippen LogP contribution in [0, 0.1) is 5.92 Å². The van der Waals surface area contributed by atoms with E-state index in [0.29, 0.717) is 19.3 Å². The minimum Gasteiger partial charge on any atom is -0.469 e. The molecule has 0 bridgehead atoms. The number of rotatable bonds is 4. The largest absolute Gasteiger partial charge is 0.469 e. The van der Waals surface area contributed by atoms with E-state index in [9.17, 15) is 14.4 Å². The van der Waals surface area contributed by atoms with Crippen LogP contribution in [0.3, 0.4) is 0 Å². The van der Waals surface area contributed by atoms with Gasteiger partial charge < -0.3 is 4.74 Å². The lowest BCUT2D eigenvalue weighted by Gasteiger charge is -2.31. The summed E-state index contributed by atoms with van der Waals surface area (Å²) in [6.07, 6.45) is 1.47. The van der Waals surface area contributed by atoms with Crippen molar-refractivity contribution in [2.24, 2.45) is 5.92 Å². The van der Waals surface area contributed by atoms with E-state index in [2.05, 4.69) is 4.74 Å². The molecule has 17 heavy (non-hydrogen) atoms. The van der Waals surface area contributed by atoms with Crippen LogP contribution in [0.1, 0.15) is 39.0 Å². The summed E-state index contributed by atoms with van der Waals surface area (Å²) in [5.74, 6) is -0.711. The first-order chi connectivity index (χ1) is 7.90. The van der Waals surface area contributed by atoms with Crippen LogP contribution in [0.25, 0.3) is 0 Å². The van der Waals surface area contributed by atoms with Crippen LogP contribution in [0.15, 0.2) is 0 Å². The highest BCUT2D eigenvalue weighted by Crippen LogP contribution is 2.35. The number of hydrogen-bond donors (Lipinski definition) is 0.